The number of hydrogen-bond donors (Lipinski definition) is 2. The van der Waals surface area contributed by atoms with E-state index in [0.29, 0.717) is 11.4 Å². The van der Waals surface area contributed by atoms with Crippen LogP contribution in [-0.2, 0) is 10.0 Å². The molecule has 0 aliphatic rings. The predicted molar refractivity (Wildman–Crippen MR) is 79.9 cm³/mol. The van der Waals surface area contributed by atoms with Gasteiger partial charge in [0.1, 0.15) is 0 Å². The zero-order valence-electron chi connectivity index (χ0n) is 12.2. The lowest BCUT2D eigenvalue weighted by molar-refractivity contribution is 0.547. The van der Waals surface area contributed by atoms with Crippen molar-refractivity contribution in [3.8, 4) is 0 Å². The van der Waals surface area contributed by atoms with Crippen LogP contribution in [0.5, 0.6) is 0 Å². The number of anilines is 1. The van der Waals surface area contributed by atoms with Crippen molar-refractivity contribution in [2.45, 2.75) is 51.0 Å². The molecule has 19 heavy (non-hydrogen) atoms. The first-order chi connectivity index (χ1) is 8.80. The third-order valence-electron chi connectivity index (χ3n) is 3.07. The largest absolute Gasteiger partial charge is 0.380 e. The second-order valence-electron chi connectivity index (χ2n) is 5.28. The summed E-state index contributed by atoms with van der Waals surface area (Å²) in [6, 6.07) is 6.87. The van der Waals surface area contributed by atoms with E-state index in [2.05, 4.69) is 30.8 Å². The maximum atomic E-state index is 11.9. The standard InChI is InChI=1S/C14H24N2O2S/c1-5-11-15-19(17,18)13-9-7-12(8-10-13)16-14(3,4)6-2/h7-10,15-16H,5-6,11H2,1-4H3. The zero-order chi connectivity index (χ0) is 14.5. The highest BCUT2D eigenvalue weighted by Crippen LogP contribution is 2.19. The van der Waals surface area contributed by atoms with E-state index in [1.165, 1.54) is 0 Å². The van der Waals surface area contributed by atoms with Crippen molar-refractivity contribution < 1.29 is 8.42 Å². The van der Waals surface area contributed by atoms with Gasteiger partial charge in [0.25, 0.3) is 0 Å². The van der Waals surface area contributed by atoms with Crippen LogP contribution in [0.3, 0.4) is 0 Å². The summed E-state index contributed by atoms with van der Waals surface area (Å²) in [4.78, 5) is 0.306. The van der Waals surface area contributed by atoms with Gasteiger partial charge in [-0.2, -0.15) is 0 Å². The molecule has 0 aliphatic carbocycles. The average molecular weight is 284 g/mol. The molecule has 0 bridgehead atoms. The smallest absolute Gasteiger partial charge is 0.240 e. The highest BCUT2D eigenvalue weighted by molar-refractivity contribution is 7.89. The SMILES string of the molecule is CCCNS(=O)(=O)c1ccc(NC(C)(C)CC)cc1. The normalized spacial score (nSPS) is 12.4. The fourth-order valence-corrected chi connectivity index (χ4v) is 2.65. The molecule has 0 atom stereocenters. The van der Waals surface area contributed by atoms with E-state index < -0.39 is 10.0 Å². The first-order valence-electron chi connectivity index (χ1n) is 6.68. The van der Waals surface area contributed by atoms with Crippen LogP contribution in [0.15, 0.2) is 29.2 Å². The Balaban J connectivity index is 2.82. The summed E-state index contributed by atoms with van der Waals surface area (Å²) < 4.78 is 26.4. The van der Waals surface area contributed by atoms with Crippen LogP contribution in [-0.4, -0.2) is 20.5 Å². The number of nitrogens with one attached hydrogen (secondary N) is 2. The lowest BCUT2D eigenvalue weighted by Crippen LogP contribution is -2.29. The molecule has 5 heteroatoms. The number of benzene rings is 1. The maximum Gasteiger partial charge on any atom is 0.240 e. The lowest BCUT2D eigenvalue weighted by Gasteiger charge is -2.26. The minimum atomic E-state index is -3.37. The van der Waals surface area contributed by atoms with E-state index in [1.54, 1.807) is 24.3 Å². The van der Waals surface area contributed by atoms with Gasteiger partial charge >= 0.3 is 0 Å². The molecule has 0 amide bonds. The minimum absolute atomic E-state index is 0.000846. The molecular formula is C14H24N2O2S. The maximum absolute atomic E-state index is 11.9. The molecule has 0 radical (unpaired) electrons. The summed E-state index contributed by atoms with van der Waals surface area (Å²) in [7, 11) is -3.37. The first kappa shape index (κ1) is 16.0. The molecule has 0 unspecified atom stereocenters. The van der Waals surface area contributed by atoms with Crippen molar-refractivity contribution in [1.82, 2.24) is 4.72 Å². The molecule has 2 N–H and O–H groups in total. The van der Waals surface area contributed by atoms with Crippen molar-refractivity contribution in [3.63, 3.8) is 0 Å². The van der Waals surface area contributed by atoms with E-state index in [1.807, 2.05) is 6.92 Å². The molecule has 0 saturated heterocycles. The third-order valence-corrected chi connectivity index (χ3v) is 4.55. The van der Waals surface area contributed by atoms with Gasteiger partial charge in [-0.25, -0.2) is 13.1 Å². The summed E-state index contributed by atoms with van der Waals surface area (Å²) in [5.74, 6) is 0. The Hall–Kier alpha value is -1.07. The van der Waals surface area contributed by atoms with E-state index in [-0.39, 0.29) is 5.54 Å². The highest BCUT2D eigenvalue weighted by atomic mass is 32.2. The van der Waals surface area contributed by atoms with Crippen molar-refractivity contribution in [2.24, 2.45) is 0 Å². The van der Waals surface area contributed by atoms with Crippen LogP contribution in [0, 0.1) is 0 Å². The molecule has 1 rings (SSSR count). The topological polar surface area (TPSA) is 58.2 Å². The summed E-state index contributed by atoms with van der Waals surface area (Å²) in [6.45, 7) is 8.73. The van der Waals surface area contributed by atoms with E-state index in [4.69, 9.17) is 0 Å². The fraction of sp³-hybridized carbons (Fsp3) is 0.571. The van der Waals surface area contributed by atoms with Crippen LogP contribution in [0.1, 0.15) is 40.5 Å². The number of sulfonamides is 1. The Kier molecular flexibility index (Phi) is 5.38. The molecule has 108 valence electrons. The number of hydrogen-bond acceptors (Lipinski definition) is 3. The van der Waals surface area contributed by atoms with E-state index in [0.717, 1.165) is 18.5 Å². The second-order valence-corrected chi connectivity index (χ2v) is 7.05. The Morgan fingerprint density at radius 3 is 2.16 bits per heavy atom. The van der Waals surface area contributed by atoms with Crippen LogP contribution in [0.2, 0.25) is 0 Å². The van der Waals surface area contributed by atoms with Gasteiger partial charge in [0.05, 0.1) is 4.90 Å². The zero-order valence-corrected chi connectivity index (χ0v) is 13.0. The fourth-order valence-electron chi connectivity index (χ4n) is 1.52. The Morgan fingerprint density at radius 1 is 1.11 bits per heavy atom. The van der Waals surface area contributed by atoms with Gasteiger partial charge in [-0.05, 0) is 51.0 Å². The summed E-state index contributed by atoms with van der Waals surface area (Å²) in [6.07, 6.45) is 1.77. The molecule has 0 aromatic heterocycles. The van der Waals surface area contributed by atoms with E-state index in [9.17, 15) is 8.42 Å². The Morgan fingerprint density at radius 2 is 1.68 bits per heavy atom. The molecule has 4 nitrogen and oxygen atoms in total. The van der Waals surface area contributed by atoms with Crippen LogP contribution in [0.25, 0.3) is 0 Å². The van der Waals surface area contributed by atoms with Gasteiger partial charge in [0.2, 0.25) is 10.0 Å². The van der Waals surface area contributed by atoms with Gasteiger partial charge < -0.3 is 5.32 Å². The van der Waals surface area contributed by atoms with Crippen LogP contribution in [0.4, 0.5) is 5.69 Å². The Labute approximate surface area is 116 Å². The molecule has 0 fully saturated rings. The second kappa shape index (κ2) is 6.39. The Bertz CT molecular complexity index is 493. The van der Waals surface area contributed by atoms with Gasteiger partial charge in [-0.15, -0.1) is 0 Å². The molecule has 1 aromatic rings. The van der Waals surface area contributed by atoms with Crippen LogP contribution >= 0.6 is 0 Å². The summed E-state index contributed by atoms with van der Waals surface area (Å²) >= 11 is 0. The molecule has 1 aromatic carbocycles. The van der Waals surface area contributed by atoms with Crippen molar-refractivity contribution in [1.29, 1.82) is 0 Å². The van der Waals surface area contributed by atoms with Gasteiger partial charge in [0.15, 0.2) is 0 Å². The molecule has 0 aliphatic heterocycles. The average Bonchev–Trinajstić information content (AvgIpc) is 2.37. The van der Waals surface area contributed by atoms with Gasteiger partial charge in [-0.1, -0.05) is 13.8 Å². The van der Waals surface area contributed by atoms with Crippen molar-refractivity contribution in [3.05, 3.63) is 24.3 Å². The van der Waals surface area contributed by atoms with Crippen molar-refractivity contribution in [2.75, 3.05) is 11.9 Å². The minimum Gasteiger partial charge on any atom is -0.380 e. The quantitative estimate of drug-likeness (QED) is 0.809. The van der Waals surface area contributed by atoms with E-state index >= 15 is 0 Å². The summed E-state index contributed by atoms with van der Waals surface area (Å²) in [5.41, 5.74) is 0.933. The van der Waals surface area contributed by atoms with Crippen LogP contribution < -0.4 is 10.0 Å². The molecule has 0 heterocycles. The lowest BCUT2D eigenvalue weighted by atomic mass is 10.0. The molecular weight excluding hydrogens is 260 g/mol. The van der Waals surface area contributed by atoms with Crippen molar-refractivity contribution >= 4 is 15.7 Å². The summed E-state index contributed by atoms with van der Waals surface area (Å²) in [5, 5.41) is 3.37. The first-order valence-corrected chi connectivity index (χ1v) is 8.17. The van der Waals surface area contributed by atoms with Gasteiger partial charge in [-0.3, -0.25) is 0 Å². The number of rotatable bonds is 7. The monoisotopic (exact) mass is 284 g/mol. The third kappa shape index (κ3) is 4.84. The van der Waals surface area contributed by atoms with Gasteiger partial charge in [0, 0.05) is 17.8 Å². The molecule has 0 saturated carbocycles. The molecule has 0 spiro atoms. The predicted octanol–water partition coefficient (Wildman–Crippen LogP) is 2.98. The highest BCUT2D eigenvalue weighted by Gasteiger charge is 2.16.